The quantitative estimate of drug-likeness (QED) is 0.668. The van der Waals surface area contributed by atoms with Crippen LogP contribution in [0.1, 0.15) is 33.3 Å². The van der Waals surface area contributed by atoms with Gasteiger partial charge in [-0.25, -0.2) is 0 Å². The molecule has 21 heavy (non-hydrogen) atoms. The van der Waals surface area contributed by atoms with Crippen molar-refractivity contribution in [3.8, 4) is 0 Å². The lowest BCUT2D eigenvalue weighted by Gasteiger charge is -2.30. The molecule has 0 aliphatic carbocycles. The van der Waals surface area contributed by atoms with E-state index in [-0.39, 0.29) is 0 Å². The molecule has 1 rings (SSSR count). The molecule has 0 aromatic heterocycles. The summed E-state index contributed by atoms with van der Waals surface area (Å²) in [5.74, 6) is 1.33. The van der Waals surface area contributed by atoms with Crippen molar-refractivity contribution in [1.29, 1.82) is 0 Å². The molecule has 0 saturated carbocycles. The topological polar surface area (TPSA) is 24.5 Å². The molecule has 1 aromatic rings. The average Bonchev–Trinajstić information content (AvgIpc) is 2.42. The Labute approximate surface area is 130 Å². The van der Waals surface area contributed by atoms with Gasteiger partial charge in [-0.3, -0.25) is 0 Å². The van der Waals surface area contributed by atoms with Crippen LogP contribution in [0.25, 0.3) is 0 Å². The van der Waals surface area contributed by atoms with Gasteiger partial charge >= 0.3 is 0 Å². The van der Waals surface area contributed by atoms with E-state index in [1.165, 1.54) is 11.3 Å². The summed E-state index contributed by atoms with van der Waals surface area (Å²) in [5, 5.41) is 3.45. The Morgan fingerprint density at radius 2 is 1.67 bits per heavy atom. The first-order valence-corrected chi connectivity index (χ1v) is 8.07. The number of hydrogen-bond donors (Lipinski definition) is 1. The van der Waals surface area contributed by atoms with E-state index in [4.69, 9.17) is 4.74 Å². The maximum absolute atomic E-state index is 5.09. The van der Waals surface area contributed by atoms with Crippen molar-refractivity contribution in [3.63, 3.8) is 0 Å². The summed E-state index contributed by atoms with van der Waals surface area (Å²) >= 11 is 0. The number of ether oxygens (including phenoxy) is 1. The molecule has 0 heterocycles. The number of benzene rings is 1. The smallest absolute Gasteiger partial charge is 0.0587 e. The average molecular weight is 292 g/mol. The Morgan fingerprint density at radius 1 is 1.05 bits per heavy atom. The van der Waals surface area contributed by atoms with Crippen LogP contribution in [0.2, 0.25) is 0 Å². The van der Waals surface area contributed by atoms with Crippen molar-refractivity contribution in [1.82, 2.24) is 5.32 Å². The van der Waals surface area contributed by atoms with Crippen LogP contribution < -0.4 is 10.2 Å². The van der Waals surface area contributed by atoms with E-state index >= 15 is 0 Å². The molecule has 1 N–H and O–H groups in total. The first kappa shape index (κ1) is 18.0. The second kappa shape index (κ2) is 9.80. The van der Waals surface area contributed by atoms with Crippen LogP contribution in [0.3, 0.4) is 0 Å². The second-order valence-electron chi connectivity index (χ2n) is 6.49. The van der Waals surface area contributed by atoms with Crippen molar-refractivity contribution in [2.75, 3.05) is 38.3 Å². The van der Waals surface area contributed by atoms with Gasteiger partial charge < -0.3 is 15.0 Å². The second-order valence-corrected chi connectivity index (χ2v) is 6.49. The van der Waals surface area contributed by atoms with Crippen molar-refractivity contribution < 1.29 is 4.74 Å². The van der Waals surface area contributed by atoms with Crippen LogP contribution in [-0.2, 0) is 11.3 Å². The van der Waals surface area contributed by atoms with Gasteiger partial charge in [0, 0.05) is 39.0 Å². The van der Waals surface area contributed by atoms with E-state index in [9.17, 15) is 0 Å². The normalized spacial score (nSPS) is 11.4. The van der Waals surface area contributed by atoms with Gasteiger partial charge in [0.2, 0.25) is 0 Å². The zero-order valence-electron chi connectivity index (χ0n) is 14.4. The van der Waals surface area contributed by atoms with Crippen LogP contribution in [0.4, 0.5) is 5.69 Å². The van der Waals surface area contributed by atoms with Crippen LogP contribution in [0.5, 0.6) is 0 Å². The molecule has 0 aliphatic heterocycles. The molecule has 0 amide bonds. The molecule has 0 spiro atoms. The maximum atomic E-state index is 5.09. The van der Waals surface area contributed by atoms with E-state index < -0.39 is 0 Å². The van der Waals surface area contributed by atoms with Crippen molar-refractivity contribution in [2.45, 2.75) is 34.2 Å². The summed E-state index contributed by atoms with van der Waals surface area (Å²) < 4.78 is 5.09. The van der Waals surface area contributed by atoms with Gasteiger partial charge in [-0.1, -0.05) is 45.9 Å². The third kappa shape index (κ3) is 6.96. The maximum Gasteiger partial charge on any atom is 0.0587 e. The zero-order chi connectivity index (χ0) is 15.7. The molecule has 0 radical (unpaired) electrons. The number of methoxy groups -OCH3 is 1. The summed E-state index contributed by atoms with van der Waals surface area (Å²) in [7, 11) is 1.74. The van der Waals surface area contributed by atoms with Gasteiger partial charge in [0.25, 0.3) is 0 Å². The SMILES string of the molecule is COCCNCc1ccccc1N(CC(C)C)CC(C)C. The molecule has 120 valence electrons. The summed E-state index contributed by atoms with van der Waals surface area (Å²) in [6.07, 6.45) is 0. The molecular weight excluding hydrogens is 260 g/mol. The molecule has 0 aliphatic rings. The van der Waals surface area contributed by atoms with E-state index in [1.807, 2.05) is 0 Å². The predicted molar refractivity (Wildman–Crippen MR) is 91.9 cm³/mol. The van der Waals surface area contributed by atoms with E-state index in [2.05, 4.69) is 62.2 Å². The zero-order valence-corrected chi connectivity index (χ0v) is 14.4. The Kier molecular flexibility index (Phi) is 8.40. The largest absolute Gasteiger partial charge is 0.383 e. The van der Waals surface area contributed by atoms with Crippen LogP contribution in [0.15, 0.2) is 24.3 Å². The van der Waals surface area contributed by atoms with Gasteiger partial charge in [0.05, 0.1) is 6.61 Å². The van der Waals surface area contributed by atoms with E-state index in [0.717, 1.165) is 32.8 Å². The molecule has 0 fully saturated rings. The molecule has 0 unspecified atom stereocenters. The number of rotatable bonds is 10. The number of hydrogen-bond acceptors (Lipinski definition) is 3. The third-order valence-electron chi connectivity index (χ3n) is 3.30. The lowest BCUT2D eigenvalue weighted by atomic mass is 10.1. The van der Waals surface area contributed by atoms with Crippen LogP contribution >= 0.6 is 0 Å². The van der Waals surface area contributed by atoms with Gasteiger partial charge in [0.1, 0.15) is 0 Å². The molecule has 0 bridgehead atoms. The fourth-order valence-electron chi connectivity index (χ4n) is 2.52. The van der Waals surface area contributed by atoms with Crippen molar-refractivity contribution in [2.24, 2.45) is 11.8 Å². The van der Waals surface area contributed by atoms with Crippen LogP contribution in [0, 0.1) is 11.8 Å². The summed E-state index contributed by atoms with van der Waals surface area (Å²) in [6.45, 7) is 13.9. The van der Waals surface area contributed by atoms with Gasteiger partial charge in [-0.2, -0.15) is 0 Å². The van der Waals surface area contributed by atoms with E-state index in [1.54, 1.807) is 7.11 Å². The molecule has 0 saturated heterocycles. The highest BCUT2D eigenvalue weighted by atomic mass is 16.5. The lowest BCUT2D eigenvalue weighted by Crippen LogP contribution is -2.32. The Bertz CT molecular complexity index is 381. The standard InChI is InChI=1S/C18H32N2O/c1-15(2)13-20(14-16(3)4)18-9-7-6-8-17(18)12-19-10-11-21-5/h6-9,15-16,19H,10-14H2,1-5H3. The lowest BCUT2D eigenvalue weighted by molar-refractivity contribution is 0.199. The fraction of sp³-hybridized carbons (Fsp3) is 0.667. The molecule has 3 heteroatoms. The highest BCUT2D eigenvalue weighted by Crippen LogP contribution is 2.22. The first-order chi connectivity index (χ1) is 10.0. The molecular formula is C18H32N2O. The minimum Gasteiger partial charge on any atom is -0.383 e. The number of para-hydroxylation sites is 1. The Hall–Kier alpha value is -1.06. The minimum atomic E-state index is 0.665. The van der Waals surface area contributed by atoms with Gasteiger partial charge in [0.15, 0.2) is 0 Å². The number of nitrogens with zero attached hydrogens (tertiary/aromatic N) is 1. The van der Waals surface area contributed by atoms with Gasteiger partial charge in [-0.15, -0.1) is 0 Å². The number of anilines is 1. The monoisotopic (exact) mass is 292 g/mol. The molecule has 1 aromatic carbocycles. The predicted octanol–water partition coefficient (Wildman–Crippen LogP) is 3.54. The van der Waals surface area contributed by atoms with E-state index in [0.29, 0.717) is 11.8 Å². The van der Waals surface area contributed by atoms with Crippen molar-refractivity contribution >= 4 is 5.69 Å². The highest BCUT2D eigenvalue weighted by Gasteiger charge is 2.13. The van der Waals surface area contributed by atoms with Crippen molar-refractivity contribution in [3.05, 3.63) is 29.8 Å². The number of nitrogens with one attached hydrogen (secondary N) is 1. The summed E-state index contributed by atoms with van der Waals surface area (Å²) in [6, 6.07) is 8.74. The fourth-order valence-corrected chi connectivity index (χ4v) is 2.52. The van der Waals surface area contributed by atoms with Crippen LogP contribution in [-0.4, -0.2) is 33.4 Å². The summed E-state index contributed by atoms with van der Waals surface area (Å²) in [5.41, 5.74) is 2.74. The third-order valence-corrected chi connectivity index (χ3v) is 3.30. The van der Waals surface area contributed by atoms with Gasteiger partial charge in [-0.05, 0) is 23.5 Å². The minimum absolute atomic E-state index is 0.665. The summed E-state index contributed by atoms with van der Waals surface area (Å²) in [4.78, 5) is 2.53. The highest BCUT2D eigenvalue weighted by molar-refractivity contribution is 5.53. The molecule has 0 atom stereocenters. The Morgan fingerprint density at radius 3 is 2.24 bits per heavy atom. The molecule has 3 nitrogen and oxygen atoms in total. The Balaban J connectivity index is 2.80. The first-order valence-electron chi connectivity index (χ1n) is 8.07.